The molecule has 3 rings (SSSR count). The van der Waals surface area contributed by atoms with Crippen LogP contribution in [0.15, 0.2) is 77.3 Å². The molecular formula is C24H22BrN3O5S. The third-order valence-electron chi connectivity index (χ3n) is 4.42. The number of carbonyl (C=O) groups excluding carboxylic acids is 2. The van der Waals surface area contributed by atoms with Crippen LogP contribution in [0.3, 0.4) is 0 Å². The van der Waals surface area contributed by atoms with Crippen LogP contribution in [0.25, 0.3) is 0 Å². The van der Waals surface area contributed by atoms with Crippen molar-refractivity contribution in [2.24, 2.45) is 0 Å². The number of benzene rings is 3. The molecule has 3 N–H and O–H groups in total. The summed E-state index contributed by atoms with van der Waals surface area (Å²) in [6, 6.07) is 21.0. The number of thiocarbonyl (C=S) groups is 1. The maximum atomic E-state index is 12.7. The highest BCUT2D eigenvalue weighted by Gasteiger charge is 2.15. The van der Waals surface area contributed by atoms with Crippen molar-refractivity contribution in [3.8, 4) is 17.2 Å². The Bertz CT molecular complexity index is 1160. The number of methoxy groups -OCH3 is 1. The van der Waals surface area contributed by atoms with Gasteiger partial charge in [-0.2, -0.15) is 0 Å². The molecule has 0 radical (unpaired) electrons. The molecule has 2 amide bonds. The van der Waals surface area contributed by atoms with E-state index in [1.807, 2.05) is 30.3 Å². The van der Waals surface area contributed by atoms with Gasteiger partial charge in [0.05, 0.1) is 17.1 Å². The van der Waals surface area contributed by atoms with E-state index in [0.29, 0.717) is 28.1 Å². The number of ether oxygens (including phenoxy) is 3. The Morgan fingerprint density at radius 2 is 1.56 bits per heavy atom. The highest BCUT2D eigenvalue weighted by atomic mass is 79.9. The van der Waals surface area contributed by atoms with Crippen LogP contribution in [0.2, 0.25) is 0 Å². The lowest BCUT2D eigenvalue weighted by Crippen LogP contribution is -2.48. The average Bonchev–Trinajstić information content (AvgIpc) is 2.86. The lowest BCUT2D eigenvalue weighted by Gasteiger charge is -2.14. The van der Waals surface area contributed by atoms with E-state index in [1.165, 1.54) is 7.11 Å². The lowest BCUT2D eigenvalue weighted by atomic mass is 10.2. The topological polar surface area (TPSA) is 97.9 Å². The van der Waals surface area contributed by atoms with E-state index in [0.717, 1.165) is 5.75 Å². The van der Waals surface area contributed by atoms with Gasteiger partial charge in [0.15, 0.2) is 5.11 Å². The summed E-state index contributed by atoms with van der Waals surface area (Å²) >= 11 is 8.45. The zero-order valence-corrected chi connectivity index (χ0v) is 20.6. The highest BCUT2D eigenvalue weighted by Crippen LogP contribution is 2.25. The van der Waals surface area contributed by atoms with Crippen LogP contribution in [-0.2, 0) is 0 Å². The van der Waals surface area contributed by atoms with Crippen molar-refractivity contribution >= 4 is 45.1 Å². The number of rotatable bonds is 8. The predicted molar refractivity (Wildman–Crippen MR) is 135 cm³/mol. The summed E-state index contributed by atoms with van der Waals surface area (Å²) in [5.74, 6) is 0.782. The van der Waals surface area contributed by atoms with Crippen LogP contribution in [-0.4, -0.2) is 37.3 Å². The first-order chi connectivity index (χ1) is 16.5. The van der Waals surface area contributed by atoms with Crippen molar-refractivity contribution in [3.63, 3.8) is 0 Å². The Balaban J connectivity index is 1.49. The van der Waals surface area contributed by atoms with Crippen molar-refractivity contribution in [1.82, 2.24) is 16.2 Å². The average molecular weight is 544 g/mol. The van der Waals surface area contributed by atoms with Gasteiger partial charge < -0.3 is 14.2 Å². The Kier molecular flexibility index (Phi) is 9.24. The molecule has 0 unspecified atom stereocenters. The van der Waals surface area contributed by atoms with Crippen LogP contribution < -0.4 is 30.4 Å². The molecule has 34 heavy (non-hydrogen) atoms. The van der Waals surface area contributed by atoms with E-state index >= 15 is 0 Å². The first-order valence-corrected chi connectivity index (χ1v) is 11.3. The fourth-order valence-electron chi connectivity index (χ4n) is 2.80. The summed E-state index contributed by atoms with van der Waals surface area (Å²) in [6.07, 6.45) is 0. The largest absolute Gasteiger partial charge is 0.496 e. The molecule has 0 saturated heterocycles. The number of halogens is 1. The van der Waals surface area contributed by atoms with E-state index in [1.54, 1.807) is 42.5 Å². The quantitative estimate of drug-likeness (QED) is 0.225. The molecule has 8 nitrogen and oxygen atoms in total. The summed E-state index contributed by atoms with van der Waals surface area (Å²) in [6.45, 7) is 0.558. The van der Waals surface area contributed by atoms with Gasteiger partial charge in [-0.15, -0.1) is 0 Å². The third-order valence-corrected chi connectivity index (χ3v) is 5.24. The first kappa shape index (κ1) is 25.0. The number of hydrogen-bond acceptors (Lipinski definition) is 6. The minimum atomic E-state index is -0.487. The molecule has 0 saturated carbocycles. The molecule has 0 aliphatic heterocycles. The van der Waals surface area contributed by atoms with E-state index in [2.05, 4.69) is 32.1 Å². The fraction of sp³-hybridized carbons (Fsp3) is 0.125. The van der Waals surface area contributed by atoms with Gasteiger partial charge in [-0.25, -0.2) is 0 Å². The Hall–Kier alpha value is -3.63. The fourth-order valence-corrected chi connectivity index (χ4v) is 3.49. The minimum absolute atomic E-state index is 0.0758. The third kappa shape index (κ3) is 7.19. The van der Waals surface area contributed by atoms with Crippen molar-refractivity contribution in [1.29, 1.82) is 0 Å². The van der Waals surface area contributed by atoms with Gasteiger partial charge in [-0.3, -0.25) is 25.8 Å². The Morgan fingerprint density at radius 1 is 0.853 bits per heavy atom. The van der Waals surface area contributed by atoms with E-state index in [-0.39, 0.29) is 17.3 Å². The van der Waals surface area contributed by atoms with Crippen LogP contribution in [0.5, 0.6) is 17.2 Å². The SMILES string of the molecule is COc1ccc(C(=O)NNC(=S)NC(=O)c2ccccc2OCCOc2ccccc2)cc1Br. The van der Waals surface area contributed by atoms with Gasteiger partial charge in [0.2, 0.25) is 0 Å². The molecule has 10 heteroatoms. The molecule has 0 bridgehead atoms. The van der Waals surface area contributed by atoms with Crippen LogP contribution in [0.1, 0.15) is 20.7 Å². The highest BCUT2D eigenvalue weighted by molar-refractivity contribution is 9.10. The first-order valence-electron chi connectivity index (χ1n) is 10.1. The number of nitrogens with one attached hydrogen (secondary N) is 3. The van der Waals surface area contributed by atoms with E-state index in [4.69, 9.17) is 26.4 Å². The van der Waals surface area contributed by atoms with Crippen LogP contribution in [0, 0.1) is 0 Å². The summed E-state index contributed by atoms with van der Waals surface area (Å²) in [4.78, 5) is 25.0. The van der Waals surface area contributed by atoms with E-state index in [9.17, 15) is 9.59 Å². The van der Waals surface area contributed by atoms with E-state index < -0.39 is 11.8 Å². The normalized spacial score (nSPS) is 10.1. The van der Waals surface area contributed by atoms with Crippen LogP contribution in [0.4, 0.5) is 0 Å². The molecule has 0 spiro atoms. The number of amides is 2. The van der Waals surface area contributed by atoms with Crippen molar-refractivity contribution in [2.45, 2.75) is 0 Å². The van der Waals surface area contributed by atoms with Gasteiger partial charge in [-0.1, -0.05) is 30.3 Å². The monoisotopic (exact) mass is 543 g/mol. The second-order valence-electron chi connectivity index (χ2n) is 6.72. The van der Waals surface area contributed by atoms with Crippen molar-refractivity contribution < 1.29 is 23.8 Å². The van der Waals surface area contributed by atoms with Crippen LogP contribution >= 0.6 is 28.1 Å². The second kappa shape index (κ2) is 12.6. The zero-order valence-electron chi connectivity index (χ0n) is 18.2. The summed E-state index contributed by atoms with van der Waals surface area (Å²) in [5.41, 5.74) is 5.61. The lowest BCUT2D eigenvalue weighted by molar-refractivity contribution is 0.0933. The maximum Gasteiger partial charge on any atom is 0.269 e. The van der Waals surface area contributed by atoms with Gasteiger partial charge >= 0.3 is 0 Å². The molecule has 0 aromatic heterocycles. The second-order valence-corrected chi connectivity index (χ2v) is 7.98. The molecular weight excluding hydrogens is 522 g/mol. The molecule has 0 atom stereocenters. The summed E-state index contributed by atoms with van der Waals surface area (Å²) in [5, 5.41) is 2.44. The predicted octanol–water partition coefficient (Wildman–Crippen LogP) is 3.86. The number of hydrogen-bond donors (Lipinski definition) is 3. The standard InChI is InChI=1S/C24H22BrN3O5S/c1-31-21-12-11-16(15-19(21)25)22(29)27-28-24(34)26-23(30)18-9-5-6-10-20(18)33-14-13-32-17-7-3-2-4-8-17/h2-12,15H,13-14H2,1H3,(H,27,29)(H2,26,28,30,34). The van der Waals surface area contributed by atoms with Gasteiger partial charge in [0.1, 0.15) is 30.5 Å². The molecule has 3 aromatic rings. The molecule has 3 aromatic carbocycles. The number of para-hydroxylation sites is 2. The minimum Gasteiger partial charge on any atom is -0.496 e. The molecule has 0 heterocycles. The van der Waals surface area contributed by atoms with Gasteiger partial charge in [-0.05, 0) is 70.6 Å². The molecule has 0 aliphatic rings. The van der Waals surface area contributed by atoms with Crippen molar-refractivity contribution in [3.05, 3.63) is 88.4 Å². The molecule has 0 aliphatic carbocycles. The zero-order chi connectivity index (χ0) is 24.3. The maximum absolute atomic E-state index is 12.7. The summed E-state index contributed by atoms with van der Waals surface area (Å²) in [7, 11) is 1.53. The Morgan fingerprint density at radius 3 is 2.29 bits per heavy atom. The van der Waals surface area contributed by atoms with Gasteiger partial charge in [0, 0.05) is 5.56 Å². The molecule has 176 valence electrons. The smallest absolute Gasteiger partial charge is 0.269 e. The number of carbonyl (C=O) groups is 2. The molecule has 0 fully saturated rings. The Labute approximate surface area is 210 Å². The number of hydrazine groups is 1. The van der Waals surface area contributed by atoms with Gasteiger partial charge in [0.25, 0.3) is 11.8 Å². The summed E-state index contributed by atoms with van der Waals surface area (Å²) < 4.78 is 17.1. The van der Waals surface area contributed by atoms with Crippen molar-refractivity contribution in [2.75, 3.05) is 20.3 Å².